The first kappa shape index (κ1) is 16.3. The number of ether oxygens (including phenoxy) is 1. The van der Waals surface area contributed by atoms with Gasteiger partial charge in [-0.2, -0.15) is 4.98 Å². The fraction of sp³-hybridized carbons (Fsp3) is 0.474. The van der Waals surface area contributed by atoms with Crippen molar-refractivity contribution in [2.45, 2.75) is 37.6 Å². The van der Waals surface area contributed by atoms with Gasteiger partial charge < -0.3 is 18.7 Å². The van der Waals surface area contributed by atoms with Crippen molar-refractivity contribution in [2.75, 3.05) is 25.1 Å². The SMILES string of the molecule is COc1cccc(-c2noc(N3CCC(c4nncn4C4CC4)CC3)n2)c1. The standard InChI is InChI=1S/C19H22N6O2/c1-26-16-4-2-3-14(11-16)17-21-19(27-23-17)24-9-7-13(8-10-24)18-22-20-12-25(18)15-5-6-15/h2-4,11-13,15H,5-10H2,1H3. The molecule has 2 fully saturated rings. The molecule has 5 rings (SSSR count). The highest BCUT2D eigenvalue weighted by Gasteiger charge is 2.31. The summed E-state index contributed by atoms with van der Waals surface area (Å²) < 4.78 is 13.1. The van der Waals surface area contributed by atoms with Crippen LogP contribution in [0.2, 0.25) is 0 Å². The quantitative estimate of drug-likeness (QED) is 0.686. The zero-order valence-corrected chi connectivity index (χ0v) is 15.3. The highest BCUT2D eigenvalue weighted by molar-refractivity contribution is 5.58. The van der Waals surface area contributed by atoms with Crippen LogP contribution in [0.3, 0.4) is 0 Å². The predicted octanol–water partition coefficient (Wildman–Crippen LogP) is 3.06. The maximum Gasteiger partial charge on any atom is 0.324 e. The zero-order chi connectivity index (χ0) is 18.2. The van der Waals surface area contributed by atoms with Crippen LogP contribution < -0.4 is 9.64 Å². The summed E-state index contributed by atoms with van der Waals surface area (Å²) in [5.74, 6) is 2.95. The van der Waals surface area contributed by atoms with E-state index in [2.05, 4.69) is 29.8 Å². The Bertz CT molecular complexity index is 924. The lowest BCUT2D eigenvalue weighted by Gasteiger charge is -2.30. The van der Waals surface area contributed by atoms with Gasteiger partial charge in [0.05, 0.1) is 7.11 Å². The lowest BCUT2D eigenvalue weighted by molar-refractivity contribution is 0.388. The molecule has 0 atom stereocenters. The van der Waals surface area contributed by atoms with Crippen molar-refractivity contribution in [1.29, 1.82) is 0 Å². The maximum absolute atomic E-state index is 5.52. The number of hydrogen-bond donors (Lipinski definition) is 0. The first-order chi connectivity index (χ1) is 13.3. The van der Waals surface area contributed by atoms with Crippen molar-refractivity contribution in [3.63, 3.8) is 0 Å². The van der Waals surface area contributed by atoms with Crippen LogP contribution in [-0.2, 0) is 0 Å². The van der Waals surface area contributed by atoms with E-state index in [4.69, 9.17) is 9.26 Å². The van der Waals surface area contributed by atoms with Gasteiger partial charge in [0, 0.05) is 30.6 Å². The van der Waals surface area contributed by atoms with Gasteiger partial charge in [0.15, 0.2) is 0 Å². The third kappa shape index (κ3) is 3.15. The van der Waals surface area contributed by atoms with Gasteiger partial charge >= 0.3 is 6.01 Å². The van der Waals surface area contributed by atoms with Gasteiger partial charge in [-0.05, 0) is 37.8 Å². The molecule has 8 heteroatoms. The van der Waals surface area contributed by atoms with Crippen molar-refractivity contribution < 1.29 is 9.26 Å². The Labute approximate surface area is 157 Å². The van der Waals surface area contributed by atoms with Crippen LogP contribution >= 0.6 is 0 Å². The summed E-state index contributed by atoms with van der Waals surface area (Å²) in [6, 6.07) is 8.88. The van der Waals surface area contributed by atoms with Crippen molar-refractivity contribution in [2.24, 2.45) is 0 Å². The highest BCUT2D eigenvalue weighted by atomic mass is 16.5. The van der Waals surface area contributed by atoms with E-state index in [0.29, 0.717) is 23.8 Å². The molecule has 3 heterocycles. The summed E-state index contributed by atoms with van der Waals surface area (Å²) in [6.07, 6.45) is 6.42. The van der Waals surface area contributed by atoms with E-state index >= 15 is 0 Å². The van der Waals surface area contributed by atoms with Crippen LogP contribution in [0.4, 0.5) is 6.01 Å². The summed E-state index contributed by atoms with van der Waals surface area (Å²) in [5.41, 5.74) is 0.886. The van der Waals surface area contributed by atoms with E-state index in [1.165, 1.54) is 12.8 Å². The second-order valence-corrected chi connectivity index (χ2v) is 7.22. The van der Waals surface area contributed by atoms with E-state index in [1.54, 1.807) is 7.11 Å². The third-order valence-electron chi connectivity index (χ3n) is 5.41. The normalized spacial score (nSPS) is 18.0. The average molecular weight is 366 g/mol. The van der Waals surface area contributed by atoms with Crippen molar-refractivity contribution in [3.8, 4) is 17.1 Å². The summed E-state index contributed by atoms with van der Waals surface area (Å²) in [5, 5.41) is 12.7. The van der Waals surface area contributed by atoms with Crippen molar-refractivity contribution in [3.05, 3.63) is 36.4 Å². The molecule has 8 nitrogen and oxygen atoms in total. The number of benzene rings is 1. The maximum atomic E-state index is 5.52. The number of anilines is 1. The topological polar surface area (TPSA) is 82.1 Å². The minimum atomic E-state index is 0.449. The Balaban J connectivity index is 1.27. The van der Waals surface area contributed by atoms with Gasteiger partial charge in [-0.1, -0.05) is 17.3 Å². The van der Waals surface area contributed by atoms with Crippen molar-refractivity contribution >= 4 is 6.01 Å². The largest absolute Gasteiger partial charge is 0.497 e. The molecule has 0 radical (unpaired) electrons. The fourth-order valence-electron chi connectivity index (χ4n) is 3.73. The third-order valence-corrected chi connectivity index (χ3v) is 5.41. The molecule has 0 bridgehead atoms. The van der Waals surface area contributed by atoms with E-state index < -0.39 is 0 Å². The number of aromatic nitrogens is 5. The van der Waals surface area contributed by atoms with Gasteiger partial charge in [-0.25, -0.2) is 0 Å². The van der Waals surface area contributed by atoms with Crippen LogP contribution in [0.5, 0.6) is 5.75 Å². The molecule has 1 saturated heterocycles. The molecular weight excluding hydrogens is 344 g/mol. The van der Waals surface area contributed by atoms with Gasteiger partial charge in [0.25, 0.3) is 0 Å². The predicted molar refractivity (Wildman–Crippen MR) is 98.8 cm³/mol. The lowest BCUT2D eigenvalue weighted by Crippen LogP contribution is -2.33. The molecule has 140 valence electrons. The minimum absolute atomic E-state index is 0.449. The molecule has 27 heavy (non-hydrogen) atoms. The number of piperidine rings is 1. The van der Waals surface area contributed by atoms with Crippen LogP contribution in [0.25, 0.3) is 11.4 Å². The van der Waals surface area contributed by atoms with Gasteiger partial charge in [-0.3, -0.25) is 0 Å². The molecular formula is C19H22N6O2. The molecule has 0 spiro atoms. The molecule has 2 aromatic heterocycles. The van der Waals surface area contributed by atoms with Crippen LogP contribution in [0, 0.1) is 0 Å². The Morgan fingerprint density at radius 3 is 2.78 bits per heavy atom. The number of methoxy groups -OCH3 is 1. The number of hydrogen-bond acceptors (Lipinski definition) is 7. The second kappa shape index (κ2) is 6.68. The summed E-state index contributed by atoms with van der Waals surface area (Å²) in [4.78, 5) is 6.74. The lowest BCUT2D eigenvalue weighted by atomic mass is 9.96. The Hall–Kier alpha value is -2.90. The van der Waals surface area contributed by atoms with Crippen LogP contribution in [0.1, 0.15) is 43.5 Å². The van der Waals surface area contributed by atoms with Crippen LogP contribution in [0.15, 0.2) is 35.1 Å². The zero-order valence-electron chi connectivity index (χ0n) is 15.3. The molecule has 2 aliphatic rings. The van der Waals surface area contributed by atoms with E-state index in [-0.39, 0.29) is 0 Å². The average Bonchev–Trinajstić information content (AvgIpc) is 3.25. The molecule has 1 aromatic carbocycles. The molecule has 1 aliphatic carbocycles. The summed E-state index contributed by atoms with van der Waals surface area (Å²) >= 11 is 0. The van der Waals surface area contributed by atoms with E-state index in [9.17, 15) is 0 Å². The summed E-state index contributed by atoms with van der Waals surface area (Å²) in [6.45, 7) is 1.75. The van der Waals surface area contributed by atoms with Crippen molar-refractivity contribution in [1.82, 2.24) is 24.9 Å². The number of nitrogens with zero attached hydrogens (tertiary/aromatic N) is 6. The first-order valence-electron chi connectivity index (χ1n) is 9.44. The van der Waals surface area contributed by atoms with Gasteiger partial charge in [0.2, 0.25) is 5.82 Å². The van der Waals surface area contributed by atoms with E-state index in [0.717, 1.165) is 43.1 Å². The van der Waals surface area contributed by atoms with E-state index in [1.807, 2.05) is 30.6 Å². The number of rotatable bonds is 5. The molecule has 0 amide bonds. The molecule has 1 aliphatic heterocycles. The summed E-state index contributed by atoms with van der Waals surface area (Å²) in [7, 11) is 1.65. The monoisotopic (exact) mass is 366 g/mol. The smallest absolute Gasteiger partial charge is 0.324 e. The fourth-order valence-corrected chi connectivity index (χ4v) is 3.73. The Morgan fingerprint density at radius 2 is 2.00 bits per heavy atom. The molecule has 0 unspecified atom stereocenters. The van der Waals surface area contributed by atoms with Gasteiger partial charge in [-0.15, -0.1) is 10.2 Å². The first-order valence-corrected chi connectivity index (χ1v) is 9.44. The van der Waals surface area contributed by atoms with Gasteiger partial charge in [0.1, 0.15) is 17.9 Å². The Morgan fingerprint density at radius 1 is 1.15 bits per heavy atom. The highest BCUT2D eigenvalue weighted by Crippen LogP contribution is 2.38. The van der Waals surface area contributed by atoms with Crippen LogP contribution in [-0.4, -0.2) is 45.1 Å². The molecule has 0 N–H and O–H groups in total. The second-order valence-electron chi connectivity index (χ2n) is 7.22. The Kier molecular flexibility index (Phi) is 4.03. The minimum Gasteiger partial charge on any atom is -0.497 e. The molecule has 3 aromatic rings. The molecule has 1 saturated carbocycles.